The summed E-state index contributed by atoms with van der Waals surface area (Å²) in [5.41, 5.74) is 2.79. The molecule has 3 nitrogen and oxygen atoms in total. The third-order valence-corrected chi connectivity index (χ3v) is 2.35. The van der Waals surface area contributed by atoms with Crippen molar-refractivity contribution in [3.63, 3.8) is 0 Å². The van der Waals surface area contributed by atoms with E-state index in [9.17, 15) is 0 Å². The molecule has 64 valence electrons. The molecule has 0 radical (unpaired) electrons. The van der Waals surface area contributed by atoms with Crippen molar-refractivity contribution in [2.75, 3.05) is 5.75 Å². The molecule has 1 rings (SSSR count). The highest BCUT2D eigenvalue weighted by molar-refractivity contribution is 8.00. The summed E-state index contributed by atoms with van der Waals surface area (Å²) in [4.78, 5) is 9.25. The molecule has 0 saturated carbocycles. The predicted molar refractivity (Wildman–Crippen MR) is 48.7 cm³/mol. The second-order valence-corrected chi connectivity index (χ2v) is 4.32. The van der Waals surface area contributed by atoms with E-state index in [1.54, 1.807) is 0 Å². The maximum Gasteiger partial charge on any atom is 0.174 e. The normalized spacial score (nSPS) is 23.6. The lowest BCUT2D eigenvalue weighted by Gasteiger charge is -2.03. The first-order chi connectivity index (χ1) is 5.18. The number of nitrogens with one attached hydrogen (secondary N) is 1. The molecule has 4 heteroatoms. The Bertz CT molecular complexity index is 159. The van der Waals surface area contributed by atoms with Crippen molar-refractivity contribution in [2.45, 2.75) is 32.2 Å². The molecule has 1 atom stereocenters. The van der Waals surface area contributed by atoms with Crippen LogP contribution in [0.3, 0.4) is 0 Å². The van der Waals surface area contributed by atoms with Crippen LogP contribution >= 0.6 is 11.8 Å². The molecule has 0 bridgehead atoms. The van der Waals surface area contributed by atoms with Gasteiger partial charge in [0.25, 0.3) is 0 Å². The number of hydroxylamine groups is 1. The third kappa shape index (κ3) is 3.12. The second-order valence-electron chi connectivity index (χ2n) is 2.75. The number of hydrogen-bond acceptors (Lipinski definition) is 4. The lowest BCUT2D eigenvalue weighted by Crippen LogP contribution is -2.20. The number of rotatable bonds is 3. The summed E-state index contributed by atoms with van der Waals surface area (Å²) in [6.45, 7) is 6.26. The molecule has 1 N–H and O–H groups in total. The largest absolute Gasteiger partial charge is 0.250 e. The van der Waals surface area contributed by atoms with E-state index in [0.29, 0.717) is 5.25 Å². The number of amidine groups is 1. The highest BCUT2D eigenvalue weighted by Crippen LogP contribution is 2.10. The smallest absolute Gasteiger partial charge is 0.174 e. The van der Waals surface area contributed by atoms with Gasteiger partial charge in [0.15, 0.2) is 6.23 Å². The Morgan fingerprint density at radius 1 is 1.73 bits per heavy atom. The fourth-order valence-corrected chi connectivity index (χ4v) is 1.36. The Kier molecular flexibility index (Phi) is 3.20. The van der Waals surface area contributed by atoms with Gasteiger partial charge in [-0.2, -0.15) is 11.8 Å². The van der Waals surface area contributed by atoms with E-state index in [-0.39, 0.29) is 6.23 Å². The van der Waals surface area contributed by atoms with Gasteiger partial charge >= 0.3 is 0 Å². The zero-order valence-corrected chi connectivity index (χ0v) is 7.94. The molecule has 0 amide bonds. The molecule has 0 aromatic carbocycles. The predicted octanol–water partition coefficient (Wildman–Crippen LogP) is 1.41. The van der Waals surface area contributed by atoms with Gasteiger partial charge in [0.05, 0.1) is 5.75 Å². The Labute approximate surface area is 71.6 Å². The minimum atomic E-state index is -0.0160. The van der Waals surface area contributed by atoms with Gasteiger partial charge in [0.2, 0.25) is 0 Å². The Balaban J connectivity index is 2.22. The van der Waals surface area contributed by atoms with Crippen LogP contribution < -0.4 is 5.48 Å². The maximum absolute atomic E-state index is 5.03. The molecule has 0 spiro atoms. The fourth-order valence-electron chi connectivity index (χ4n) is 0.738. The zero-order valence-electron chi connectivity index (χ0n) is 7.13. The summed E-state index contributed by atoms with van der Waals surface area (Å²) in [6.07, 6.45) is -0.0160. The molecular formula is C7H14N2OS. The van der Waals surface area contributed by atoms with E-state index in [4.69, 9.17) is 4.84 Å². The summed E-state index contributed by atoms with van der Waals surface area (Å²) < 4.78 is 0. The monoisotopic (exact) mass is 174 g/mol. The number of aliphatic imine (C=N–C) groups is 1. The topological polar surface area (TPSA) is 33.6 Å². The Morgan fingerprint density at radius 3 is 2.91 bits per heavy atom. The van der Waals surface area contributed by atoms with Crippen molar-refractivity contribution in [3.8, 4) is 0 Å². The van der Waals surface area contributed by atoms with Crippen molar-refractivity contribution in [1.82, 2.24) is 5.48 Å². The van der Waals surface area contributed by atoms with E-state index in [0.717, 1.165) is 11.6 Å². The average molecular weight is 174 g/mol. The lowest BCUT2D eigenvalue weighted by molar-refractivity contribution is 0.0501. The number of nitrogens with zero attached hydrogens (tertiary/aromatic N) is 1. The molecule has 0 aliphatic carbocycles. The Hall–Kier alpha value is -0.220. The quantitative estimate of drug-likeness (QED) is 0.702. The summed E-state index contributed by atoms with van der Waals surface area (Å²) >= 11 is 1.86. The van der Waals surface area contributed by atoms with Crippen molar-refractivity contribution in [2.24, 2.45) is 4.99 Å². The van der Waals surface area contributed by atoms with Crippen molar-refractivity contribution in [1.29, 1.82) is 0 Å². The van der Waals surface area contributed by atoms with Gasteiger partial charge in [0, 0.05) is 0 Å². The van der Waals surface area contributed by atoms with Gasteiger partial charge in [0.1, 0.15) is 5.84 Å². The van der Waals surface area contributed by atoms with Crippen LogP contribution in [0.2, 0.25) is 0 Å². The first-order valence-corrected chi connectivity index (χ1v) is 4.83. The molecule has 0 aromatic rings. The van der Waals surface area contributed by atoms with Crippen LogP contribution in [0.1, 0.15) is 20.8 Å². The molecule has 0 saturated heterocycles. The highest BCUT2D eigenvalue weighted by Gasteiger charge is 2.12. The van der Waals surface area contributed by atoms with Crippen LogP contribution in [0.25, 0.3) is 0 Å². The van der Waals surface area contributed by atoms with Crippen LogP contribution in [0, 0.1) is 0 Å². The van der Waals surface area contributed by atoms with Crippen LogP contribution in [-0.4, -0.2) is 23.1 Å². The van der Waals surface area contributed by atoms with Crippen molar-refractivity contribution >= 4 is 17.6 Å². The molecule has 11 heavy (non-hydrogen) atoms. The van der Waals surface area contributed by atoms with Crippen LogP contribution in [-0.2, 0) is 4.84 Å². The molecule has 0 aromatic heterocycles. The van der Waals surface area contributed by atoms with Gasteiger partial charge < -0.3 is 0 Å². The van der Waals surface area contributed by atoms with Crippen molar-refractivity contribution < 1.29 is 4.84 Å². The summed E-state index contributed by atoms with van der Waals surface area (Å²) in [7, 11) is 0. The van der Waals surface area contributed by atoms with Gasteiger partial charge in [-0.15, -0.1) is 0 Å². The van der Waals surface area contributed by atoms with Crippen LogP contribution in [0.5, 0.6) is 0 Å². The van der Waals surface area contributed by atoms with Crippen LogP contribution in [0.15, 0.2) is 4.99 Å². The van der Waals surface area contributed by atoms with Crippen LogP contribution in [0.4, 0.5) is 0 Å². The van der Waals surface area contributed by atoms with Gasteiger partial charge in [-0.3, -0.25) is 0 Å². The molecule has 0 fully saturated rings. The third-order valence-electron chi connectivity index (χ3n) is 1.24. The average Bonchev–Trinajstić information content (AvgIpc) is 2.31. The first kappa shape index (κ1) is 8.87. The first-order valence-electron chi connectivity index (χ1n) is 3.78. The fraction of sp³-hybridized carbons (Fsp3) is 0.857. The summed E-state index contributed by atoms with van der Waals surface area (Å²) in [5.74, 6) is 1.87. The van der Waals surface area contributed by atoms with E-state index in [1.165, 1.54) is 0 Å². The second kappa shape index (κ2) is 3.97. The van der Waals surface area contributed by atoms with Gasteiger partial charge in [-0.25, -0.2) is 15.3 Å². The molecule has 1 aliphatic heterocycles. The van der Waals surface area contributed by atoms with Gasteiger partial charge in [-0.05, 0) is 12.2 Å². The summed E-state index contributed by atoms with van der Waals surface area (Å²) in [6, 6.07) is 0. The number of thioether (sulfide) groups is 1. The highest BCUT2D eigenvalue weighted by atomic mass is 32.2. The van der Waals surface area contributed by atoms with E-state index < -0.39 is 0 Å². The number of hydrogen-bond donors (Lipinski definition) is 1. The van der Waals surface area contributed by atoms with Gasteiger partial charge in [-0.1, -0.05) is 13.8 Å². The SMILES string of the molecule is CC1N=C(CSC(C)C)NO1. The van der Waals surface area contributed by atoms with E-state index in [2.05, 4.69) is 24.3 Å². The molecular weight excluding hydrogens is 160 g/mol. The summed E-state index contributed by atoms with van der Waals surface area (Å²) in [5, 5.41) is 0.649. The molecule has 1 aliphatic rings. The van der Waals surface area contributed by atoms with E-state index in [1.807, 2.05) is 18.7 Å². The molecule has 1 unspecified atom stereocenters. The Morgan fingerprint density at radius 2 is 2.45 bits per heavy atom. The minimum Gasteiger partial charge on any atom is -0.250 e. The van der Waals surface area contributed by atoms with E-state index >= 15 is 0 Å². The standard InChI is InChI=1S/C7H14N2OS/c1-5(2)11-4-7-8-6(3)10-9-7/h5-6H,4H2,1-3H3,(H,8,9). The minimum absolute atomic E-state index is 0.0160. The molecule has 1 heterocycles. The zero-order chi connectivity index (χ0) is 8.27. The lowest BCUT2D eigenvalue weighted by atomic mass is 10.6. The maximum atomic E-state index is 5.03. The van der Waals surface area contributed by atoms with Crippen molar-refractivity contribution in [3.05, 3.63) is 0 Å².